The van der Waals surface area contributed by atoms with Crippen LogP contribution in [-0.2, 0) is 6.54 Å². The Morgan fingerprint density at radius 1 is 1.07 bits per heavy atom. The zero-order valence-electron chi connectivity index (χ0n) is 16.1. The third-order valence-electron chi connectivity index (χ3n) is 4.88. The topological polar surface area (TPSA) is 56.1 Å². The predicted molar refractivity (Wildman–Crippen MR) is 115 cm³/mol. The Morgan fingerprint density at radius 3 is 2.55 bits per heavy atom. The van der Waals surface area contributed by atoms with Gasteiger partial charge in [-0.05, 0) is 35.9 Å². The number of aryl methyl sites for hydroxylation is 1. The Bertz CT molecular complexity index is 1190. The van der Waals surface area contributed by atoms with E-state index in [0.29, 0.717) is 17.8 Å². The van der Waals surface area contributed by atoms with Crippen molar-refractivity contribution in [2.45, 2.75) is 13.5 Å². The highest BCUT2D eigenvalue weighted by Gasteiger charge is 2.21. The molecule has 1 amide bonds. The minimum atomic E-state index is -0.273. The number of nitrogens with one attached hydrogen (secondary N) is 1. The van der Waals surface area contributed by atoms with Gasteiger partial charge in [0.15, 0.2) is 0 Å². The third-order valence-corrected chi connectivity index (χ3v) is 5.22. The van der Waals surface area contributed by atoms with Gasteiger partial charge in [0.2, 0.25) is 0 Å². The van der Waals surface area contributed by atoms with E-state index in [9.17, 15) is 4.79 Å². The summed E-state index contributed by atoms with van der Waals surface area (Å²) in [6, 6.07) is 21.4. The Hall–Kier alpha value is -3.31. The number of hydrogen-bond acceptors (Lipinski definition) is 3. The maximum Gasteiger partial charge on any atom is 0.256 e. The highest BCUT2D eigenvalue weighted by molar-refractivity contribution is 6.33. The molecule has 0 saturated carbocycles. The molecule has 3 aromatic carbocycles. The largest absolute Gasteiger partial charge is 0.496 e. The maximum atomic E-state index is 13.0. The average Bonchev–Trinajstić information content (AvgIpc) is 3.06. The number of halogens is 1. The van der Waals surface area contributed by atoms with Gasteiger partial charge in [-0.25, -0.2) is 4.68 Å². The van der Waals surface area contributed by atoms with Crippen molar-refractivity contribution in [1.82, 2.24) is 15.1 Å². The molecule has 0 aliphatic carbocycles. The quantitative estimate of drug-likeness (QED) is 0.512. The molecule has 4 aromatic rings. The Balaban J connectivity index is 1.64. The molecule has 4 rings (SSSR count). The van der Waals surface area contributed by atoms with Crippen molar-refractivity contribution in [3.8, 4) is 11.4 Å². The minimum Gasteiger partial charge on any atom is -0.496 e. The second-order valence-corrected chi connectivity index (χ2v) is 7.01. The van der Waals surface area contributed by atoms with Crippen LogP contribution in [-0.4, -0.2) is 22.8 Å². The molecular formula is C23H20ClN3O2. The number of hydrogen-bond donors (Lipinski definition) is 1. The first kappa shape index (κ1) is 19.0. The monoisotopic (exact) mass is 405 g/mol. The summed E-state index contributed by atoms with van der Waals surface area (Å²) in [5, 5.41) is 9.82. The van der Waals surface area contributed by atoms with Gasteiger partial charge in [0.25, 0.3) is 5.91 Å². The van der Waals surface area contributed by atoms with Crippen LogP contribution in [0.4, 0.5) is 0 Å². The Kier molecular flexibility index (Phi) is 5.23. The summed E-state index contributed by atoms with van der Waals surface area (Å²) in [4.78, 5) is 13.0. The standard InChI is InChI=1S/C23H20ClN3O2/c1-15-21(22(24)27(26-15)17-9-4-3-5-10-17)23(28)25-14-19-18-11-7-6-8-16(18)12-13-20(19)29-2/h3-13H,14H2,1-2H3,(H,25,28). The number of ether oxygens (including phenoxy) is 1. The summed E-state index contributed by atoms with van der Waals surface area (Å²) < 4.78 is 7.08. The molecule has 1 aromatic heterocycles. The van der Waals surface area contributed by atoms with E-state index in [2.05, 4.69) is 10.4 Å². The van der Waals surface area contributed by atoms with Crippen molar-refractivity contribution in [3.63, 3.8) is 0 Å². The van der Waals surface area contributed by atoms with E-state index in [1.807, 2.05) is 66.7 Å². The zero-order valence-corrected chi connectivity index (χ0v) is 16.9. The molecule has 0 aliphatic heterocycles. The highest BCUT2D eigenvalue weighted by Crippen LogP contribution is 2.28. The van der Waals surface area contributed by atoms with Gasteiger partial charge in [0.1, 0.15) is 10.9 Å². The van der Waals surface area contributed by atoms with Crippen LogP contribution >= 0.6 is 11.6 Å². The molecule has 0 bridgehead atoms. The first-order chi connectivity index (χ1) is 14.1. The molecule has 0 unspecified atom stereocenters. The lowest BCUT2D eigenvalue weighted by atomic mass is 10.0. The molecule has 0 spiro atoms. The number of carbonyl (C=O) groups is 1. The van der Waals surface area contributed by atoms with Crippen LogP contribution in [0.1, 0.15) is 21.6 Å². The normalized spacial score (nSPS) is 10.9. The number of nitrogens with zero attached hydrogens (tertiary/aromatic N) is 2. The van der Waals surface area contributed by atoms with Gasteiger partial charge < -0.3 is 10.1 Å². The summed E-state index contributed by atoms with van der Waals surface area (Å²) in [7, 11) is 1.63. The summed E-state index contributed by atoms with van der Waals surface area (Å²) in [5.74, 6) is 0.455. The van der Waals surface area contributed by atoms with Crippen molar-refractivity contribution in [3.05, 3.63) is 88.7 Å². The Morgan fingerprint density at radius 2 is 1.79 bits per heavy atom. The molecule has 6 heteroatoms. The highest BCUT2D eigenvalue weighted by atomic mass is 35.5. The van der Waals surface area contributed by atoms with Crippen LogP contribution in [0.2, 0.25) is 5.15 Å². The molecular weight excluding hydrogens is 386 g/mol. The van der Waals surface area contributed by atoms with E-state index in [1.54, 1.807) is 18.7 Å². The van der Waals surface area contributed by atoms with E-state index < -0.39 is 0 Å². The molecule has 5 nitrogen and oxygen atoms in total. The van der Waals surface area contributed by atoms with Crippen molar-refractivity contribution >= 4 is 28.3 Å². The van der Waals surface area contributed by atoms with Gasteiger partial charge in [0.05, 0.1) is 24.1 Å². The second-order valence-electron chi connectivity index (χ2n) is 6.65. The SMILES string of the molecule is COc1ccc2ccccc2c1CNC(=O)c1c(C)nn(-c2ccccc2)c1Cl. The van der Waals surface area contributed by atoms with E-state index >= 15 is 0 Å². The number of para-hydroxylation sites is 1. The second kappa shape index (κ2) is 7.97. The molecule has 0 atom stereocenters. The molecule has 1 N–H and O–H groups in total. The first-order valence-electron chi connectivity index (χ1n) is 9.23. The Labute approximate surface area is 173 Å². The fourth-order valence-electron chi connectivity index (χ4n) is 3.44. The number of aromatic nitrogens is 2. The van der Waals surface area contributed by atoms with Gasteiger partial charge in [-0.2, -0.15) is 5.10 Å². The predicted octanol–water partition coefficient (Wildman–Crippen LogP) is 4.93. The van der Waals surface area contributed by atoms with Crippen molar-refractivity contribution in [1.29, 1.82) is 0 Å². The minimum absolute atomic E-state index is 0.273. The van der Waals surface area contributed by atoms with Crippen LogP contribution in [0.3, 0.4) is 0 Å². The lowest BCUT2D eigenvalue weighted by molar-refractivity contribution is 0.0950. The average molecular weight is 406 g/mol. The fourth-order valence-corrected chi connectivity index (χ4v) is 3.80. The van der Waals surface area contributed by atoms with Crippen LogP contribution in [0, 0.1) is 6.92 Å². The van der Waals surface area contributed by atoms with E-state index in [0.717, 1.165) is 27.8 Å². The van der Waals surface area contributed by atoms with Gasteiger partial charge >= 0.3 is 0 Å². The molecule has 1 heterocycles. The lowest BCUT2D eigenvalue weighted by Gasteiger charge is -2.13. The number of rotatable bonds is 5. The van der Waals surface area contributed by atoms with Crippen LogP contribution < -0.4 is 10.1 Å². The zero-order chi connectivity index (χ0) is 20.4. The van der Waals surface area contributed by atoms with Crippen LogP contribution in [0.25, 0.3) is 16.5 Å². The lowest BCUT2D eigenvalue weighted by Crippen LogP contribution is -2.24. The molecule has 0 saturated heterocycles. The smallest absolute Gasteiger partial charge is 0.256 e. The maximum absolute atomic E-state index is 13.0. The van der Waals surface area contributed by atoms with E-state index in [-0.39, 0.29) is 11.1 Å². The first-order valence-corrected chi connectivity index (χ1v) is 9.61. The number of fused-ring (bicyclic) bond motifs is 1. The number of benzene rings is 3. The molecule has 29 heavy (non-hydrogen) atoms. The van der Waals surface area contributed by atoms with Gasteiger partial charge in [-0.3, -0.25) is 4.79 Å². The van der Waals surface area contributed by atoms with Crippen LogP contribution in [0.15, 0.2) is 66.7 Å². The van der Waals surface area contributed by atoms with Gasteiger partial charge in [-0.15, -0.1) is 0 Å². The van der Waals surface area contributed by atoms with E-state index in [4.69, 9.17) is 16.3 Å². The van der Waals surface area contributed by atoms with Crippen molar-refractivity contribution in [2.75, 3.05) is 7.11 Å². The molecule has 146 valence electrons. The van der Waals surface area contributed by atoms with E-state index in [1.165, 1.54) is 0 Å². The summed E-state index contributed by atoms with van der Waals surface area (Å²) in [5.41, 5.74) is 2.66. The van der Waals surface area contributed by atoms with Crippen molar-refractivity contribution < 1.29 is 9.53 Å². The fraction of sp³-hybridized carbons (Fsp3) is 0.130. The number of amides is 1. The molecule has 0 fully saturated rings. The third kappa shape index (κ3) is 3.57. The van der Waals surface area contributed by atoms with Gasteiger partial charge in [-0.1, -0.05) is 60.1 Å². The van der Waals surface area contributed by atoms with Crippen LogP contribution in [0.5, 0.6) is 5.75 Å². The van der Waals surface area contributed by atoms with Crippen molar-refractivity contribution in [2.24, 2.45) is 0 Å². The summed E-state index contributed by atoms with van der Waals surface area (Å²) >= 11 is 6.51. The summed E-state index contributed by atoms with van der Waals surface area (Å²) in [6.07, 6.45) is 0. The number of carbonyl (C=O) groups excluding carboxylic acids is 1. The molecule has 0 aliphatic rings. The number of methoxy groups -OCH3 is 1. The summed E-state index contributed by atoms with van der Waals surface area (Å²) in [6.45, 7) is 2.09. The van der Waals surface area contributed by atoms with Gasteiger partial charge in [0, 0.05) is 12.1 Å². The molecule has 0 radical (unpaired) electrons.